The average molecular weight is 325 g/mol. The smallest absolute Gasteiger partial charge is 0.272 e. The maximum absolute atomic E-state index is 12.7. The van der Waals surface area contributed by atoms with Crippen molar-refractivity contribution < 1.29 is 4.79 Å². The van der Waals surface area contributed by atoms with Gasteiger partial charge in [0.2, 0.25) is 0 Å². The monoisotopic (exact) mass is 325 g/mol. The lowest BCUT2D eigenvalue weighted by Crippen LogP contribution is -2.49. The molecule has 1 saturated heterocycles. The van der Waals surface area contributed by atoms with Crippen LogP contribution >= 0.6 is 0 Å². The van der Waals surface area contributed by atoms with Crippen molar-refractivity contribution in [2.75, 3.05) is 36.4 Å². The Balaban J connectivity index is 1.63. The molecule has 0 saturated carbocycles. The van der Waals surface area contributed by atoms with Gasteiger partial charge in [0.25, 0.3) is 5.91 Å². The van der Waals surface area contributed by atoms with Gasteiger partial charge in [-0.3, -0.25) is 9.78 Å². The summed E-state index contributed by atoms with van der Waals surface area (Å²) in [5, 5.41) is 3.30. The number of pyridine rings is 2. The van der Waals surface area contributed by atoms with Crippen LogP contribution in [0.1, 0.15) is 24.3 Å². The number of aromatic nitrogens is 2. The van der Waals surface area contributed by atoms with Crippen LogP contribution in [0.5, 0.6) is 0 Å². The minimum Gasteiger partial charge on any atom is -0.383 e. The zero-order chi connectivity index (χ0) is 16.9. The van der Waals surface area contributed by atoms with Gasteiger partial charge < -0.3 is 15.1 Å². The Morgan fingerprint density at radius 3 is 2.54 bits per heavy atom. The number of piperazine rings is 1. The molecule has 1 amide bonds. The number of rotatable bonds is 4. The molecule has 0 aliphatic carbocycles. The molecule has 0 spiro atoms. The first kappa shape index (κ1) is 16.2. The molecule has 24 heavy (non-hydrogen) atoms. The largest absolute Gasteiger partial charge is 0.383 e. The number of nitrogens with zero attached hydrogens (tertiary/aromatic N) is 4. The van der Waals surface area contributed by atoms with E-state index in [4.69, 9.17) is 0 Å². The van der Waals surface area contributed by atoms with Crippen LogP contribution in [0.2, 0.25) is 0 Å². The topological polar surface area (TPSA) is 61.4 Å². The van der Waals surface area contributed by atoms with Crippen molar-refractivity contribution >= 4 is 17.4 Å². The summed E-state index contributed by atoms with van der Waals surface area (Å²) in [6.45, 7) is 7.06. The minimum atomic E-state index is -0.0110. The molecule has 6 heteroatoms. The molecule has 2 aromatic heterocycles. The number of carbonyl (C=O) groups is 1. The summed E-state index contributed by atoms with van der Waals surface area (Å²) in [5.74, 6) is 0.953. The highest BCUT2D eigenvalue weighted by molar-refractivity contribution is 5.93. The van der Waals surface area contributed by atoms with Crippen molar-refractivity contribution in [3.63, 3.8) is 0 Å². The molecule has 126 valence electrons. The molecular formula is C18H23N5O. The van der Waals surface area contributed by atoms with E-state index in [0.29, 0.717) is 24.8 Å². The highest BCUT2D eigenvalue weighted by Gasteiger charge is 2.23. The first-order valence-corrected chi connectivity index (χ1v) is 8.31. The molecule has 0 atom stereocenters. The molecule has 1 aliphatic rings. The first-order chi connectivity index (χ1) is 11.6. The maximum atomic E-state index is 12.7. The molecule has 0 radical (unpaired) electrons. The third kappa shape index (κ3) is 3.82. The Morgan fingerprint density at radius 1 is 1.08 bits per heavy atom. The van der Waals surface area contributed by atoms with Crippen molar-refractivity contribution in [1.29, 1.82) is 0 Å². The van der Waals surface area contributed by atoms with E-state index in [0.717, 1.165) is 24.6 Å². The second-order valence-corrected chi connectivity index (χ2v) is 6.20. The normalized spacial score (nSPS) is 14.8. The Labute approximate surface area is 142 Å². The van der Waals surface area contributed by atoms with Crippen LogP contribution in [0.3, 0.4) is 0 Å². The number of nitrogens with one attached hydrogen (secondary N) is 1. The minimum absolute atomic E-state index is 0.0110. The maximum Gasteiger partial charge on any atom is 0.272 e. The molecule has 3 rings (SSSR count). The number of hydrogen-bond donors (Lipinski definition) is 1. The third-order valence-electron chi connectivity index (χ3n) is 3.97. The Hall–Kier alpha value is -2.63. The van der Waals surface area contributed by atoms with Gasteiger partial charge in [0.05, 0.1) is 0 Å². The van der Waals surface area contributed by atoms with E-state index >= 15 is 0 Å². The summed E-state index contributed by atoms with van der Waals surface area (Å²) in [6.07, 6.45) is 3.48. The number of amides is 1. The molecule has 3 heterocycles. The van der Waals surface area contributed by atoms with Gasteiger partial charge >= 0.3 is 0 Å². The van der Waals surface area contributed by atoms with Gasteiger partial charge in [-0.1, -0.05) is 6.07 Å². The van der Waals surface area contributed by atoms with Crippen molar-refractivity contribution in [3.05, 3.63) is 48.4 Å². The van der Waals surface area contributed by atoms with Gasteiger partial charge in [0.15, 0.2) is 0 Å². The summed E-state index contributed by atoms with van der Waals surface area (Å²) >= 11 is 0. The van der Waals surface area contributed by atoms with Gasteiger partial charge in [-0.25, -0.2) is 4.98 Å². The van der Waals surface area contributed by atoms with E-state index in [-0.39, 0.29) is 5.91 Å². The molecule has 1 N–H and O–H groups in total. The van der Waals surface area contributed by atoms with Gasteiger partial charge in [0, 0.05) is 50.3 Å². The summed E-state index contributed by atoms with van der Waals surface area (Å²) in [5.41, 5.74) is 1.42. The Morgan fingerprint density at radius 2 is 1.88 bits per heavy atom. The zero-order valence-corrected chi connectivity index (χ0v) is 14.1. The second-order valence-electron chi connectivity index (χ2n) is 6.20. The van der Waals surface area contributed by atoms with E-state index in [1.54, 1.807) is 12.4 Å². The van der Waals surface area contributed by atoms with Crippen LogP contribution < -0.4 is 10.2 Å². The zero-order valence-electron chi connectivity index (χ0n) is 14.1. The standard InChI is InChI=1S/C18H23N5O/c1-14(2)21-15-6-8-19-16(13-15)18(24)23-11-9-22(10-12-23)17-5-3-4-7-20-17/h3-8,13-14H,9-12H2,1-2H3,(H,19,21). The van der Waals surface area contributed by atoms with Crippen LogP contribution in [0.15, 0.2) is 42.7 Å². The molecule has 1 fully saturated rings. The number of carbonyl (C=O) groups excluding carboxylic acids is 1. The molecule has 2 aromatic rings. The van der Waals surface area contributed by atoms with Gasteiger partial charge in [-0.15, -0.1) is 0 Å². The van der Waals surface area contributed by atoms with Crippen LogP contribution in [0.25, 0.3) is 0 Å². The number of hydrogen-bond acceptors (Lipinski definition) is 5. The lowest BCUT2D eigenvalue weighted by Gasteiger charge is -2.35. The van der Waals surface area contributed by atoms with Gasteiger partial charge in [-0.2, -0.15) is 0 Å². The molecule has 0 bridgehead atoms. The van der Waals surface area contributed by atoms with Crippen molar-refractivity contribution in [1.82, 2.24) is 14.9 Å². The Bertz CT molecular complexity index is 681. The highest BCUT2D eigenvalue weighted by atomic mass is 16.2. The summed E-state index contributed by atoms with van der Waals surface area (Å²) in [6, 6.07) is 9.92. The first-order valence-electron chi connectivity index (χ1n) is 8.31. The third-order valence-corrected chi connectivity index (χ3v) is 3.97. The quantitative estimate of drug-likeness (QED) is 0.934. The van der Waals surface area contributed by atoms with E-state index < -0.39 is 0 Å². The molecule has 1 aliphatic heterocycles. The highest BCUT2D eigenvalue weighted by Crippen LogP contribution is 2.15. The fourth-order valence-electron chi connectivity index (χ4n) is 2.81. The van der Waals surface area contributed by atoms with Crippen LogP contribution in [-0.2, 0) is 0 Å². The fraction of sp³-hybridized carbons (Fsp3) is 0.389. The lowest BCUT2D eigenvalue weighted by molar-refractivity contribution is 0.0740. The van der Waals surface area contributed by atoms with Crippen LogP contribution in [-0.4, -0.2) is 53.0 Å². The predicted molar refractivity (Wildman–Crippen MR) is 95.3 cm³/mol. The average Bonchev–Trinajstić information content (AvgIpc) is 2.62. The van der Waals surface area contributed by atoms with Crippen LogP contribution in [0, 0.1) is 0 Å². The predicted octanol–water partition coefficient (Wildman–Crippen LogP) is 2.26. The van der Waals surface area contributed by atoms with E-state index in [1.165, 1.54) is 0 Å². The molecule has 0 aromatic carbocycles. The second kappa shape index (κ2) is 7.29. The lowest BCUT2D eigenvalue weighted by atomic mass is 10.2. The summed E-state index contributed by atoms with van der Waals surface area (Å²) < 4.78 is 0. The molecule has 0 unspecified atom stereocenters. The van der Waals surface area contributed by atoms with E-state index in [2.05, 4.69) is 34.0 Å². The summed E-state index contributed by atoms with van der Waals surface area (Å²) in [7, 11) is 0. The number of anilines is 2. The van der Waals surface area contributed by atoms with Crippen molar-refractivity contribution in [2.24, 2.45) is 0 Å². The van der Waals surface area contributed by atoms with Crippen molar-refractivity contribution in [3.8, 4) is 0 Å². The molecular weight excluding hydrogens is 302 g/mol. The Kier molecular flexibility index (Phi) is 4.93. The fourth-order valence-corrected chi connectivity index (χ4v) is 2.81. The van der Waals surface area contributed by atoms with E-state index in [1.807, 2.05) is 35.2 Å². The van der Waals surface area contributed by atoms with Crippen LogP contribution in [0.4, 0.5) is 11.5 Å². The molecule has 6 nitrogen and oxygen atoms in total. The van der Waals surface area contributed by atoms with E-state index in [9.17, 15) is 4.79 Å². The van der Waals surface area contributed by atoms with Gasteiger partial charge in [-0.05, 0) is 38.1 Å². The SMILES string of the molecule is CC(C)Nc1ccnc(C(=O)N2CCN(c3ccccn3)CC2)c1. The van der Waals surface area contributed by atoms with Crippen molar-refractivity contribution in [2.45, 2.75) is 19.9 Å². The van der Waals surface area contributed by atoms with Gasteiger partial charge in [0.1, 0.15) is 11.5 Å². The summed E-state index contributed by atoms with van der Waals surface area (Å²) in [4.78, 5) is 25.4.